The van der Waals surface area contributed by atoms with E-state index >= 15 is 0 Å². The average Bonchev–Trinajstić information content (AvgIpc) is 2.84. The summed E-state index contributed by atoms with van der Waals surface area (Å²) >= 11 is 0. The minimum atomic E-state index is -0.158. The van der Waals surface area contributed by atoms with Gasteiger partial charge in [0.05, 0.1) is 12.5 Å². The van der Waals surface area contributed by atoms with Gasteiger partial charge >= 0.3 is 0 Å². The van der Waals surface area contributed by atoms with Gasteiger partial charge in [0.2, 0.25) is 11.6 Å². The molecule has 0 aliphatic heterocycles. The lowest BCUT2D eigenvalue weighted by molar-refractivity contribution is 0.101. The van der Waals surface area contributed by atoms with E-state index in [4.69, 9.17) is 0 Å². The quantitative estimate of drug-likeness (QED) is 0.674. The highest BCUT2D eigenvalue weighted by atomic mass is 16.1. The van der Waals surface area contributed by atoms with E-state index in [0.29, 0.717) is 18.1 Å². The van der Waals surface area contributed by atoms with E-state index in [9.17, 15) is 4.79 Å². The second-order valence-corrected chi connectivity index (χ2v) is 3.12. The fraction of sp³-hybridized carbons (Fsp3) is 0.333. The van der Waals surface area contributed by atoms with Crippen molar-refractivity contribution in [3.63, 3.8) is 0 Å². The number of ketones is 1. The van der Waals surface area contributed by atoms with Crippen molar-refractivity contribution in [2.24, 2.45) is 7.05 Å². The van der Waals surface area contributed by atoms with E-state index in [1.165, 1.54) is 12.5 Å². The second-order valence-electron chi connectivity index (χ2n) is 3.12. The molecule has 6 heteroatoms. The van der Waals surface area contributed by atoms with Crippen LogP contribution in [0.1, 0.15) is 23.2 Å². The zero-order valence-electron chi connectivity index (χ0n) is 8.58. The van der Waals surface area contributed by atoms with Gasteiger partial charge in [-0.2, -0.15) is 5.10 Å². The monoisotopic (exact) mass is 205 g/mol. The lowest BCUT2D eigenvalue weighted by Gasteiger charge is -2.02. The van der Waals surface area contributed by atoms with Gasteiger partial charge in [-0.25, -0.2) is 14.6 Å². The minimum Gasteiger partial charge on any atom is -0.331 e. The molecule has 0 aliphatic rings. The van der Waals surface area contributed by atoms with Crippen LogP contribution in [-0.4, -0.2) is 30.1 Å². The van der Waals surface area contributed by atoms with E-state index in [0.717, 1.165) is 0 Å². The topological polar surface area (TPSA) is 65.6 Å². The Morgan fingerprint density at radius 1 is 1.53 bits per heavy atom. The third kappa shape index (κ3) is 1.54. The number of aryl methyl sites for hydroxylation is 2. The van der Waals surface area contributed by atoms with Crippen LogP contribution in [0.15, 0.2) is 18.9 Å². The molecule has 78 valence electrons. The van der Waals surface area contributed by atoms with Crippen molar-refractivity contribution in [1.82, 2.24) is 24.3 Å². The van der Waals surface area contributed by atoms with E-state index in [1.54, 1.807) is 22.6 Å². The normalized spacial score (nSPS) is 10.5. The molecule has 0 amide bonds. The molecule has 2 rings (SSSR count). The number of hydrogen-bond donors (Lipinski definition) is 0. The predicted molar refractivity (Wildman–Crippen MR) is 52.3 cm³/mol. The SMILES string of the molecule is CCn1ncnc1C(=O)c1cncn1C. The maximum atomic E-state index is 12.0. The molecule has 2 aromatic heterocycles. The van der Waals surface area contributed by atoms with Gasteiger partial charge in [-0.15, -0.1) is 0 Å². The smallest absolute Gasteiger partial charge is 0.247 e. The van der Waals surface area contributed by atoms with Crippen LogP contribution in [0.2, 0.25) is 0 Å². The van der Waals surface area contributed by atoms with Crippen LogP contribution >= 0.6 is 0 Å². The summed E-state index contributed by atoms with van der Waals surface area (Å²) in [5, 5.41) is 3.95. The molecule has 0 saturated carbocycles. The molecular formula is C9H11N5O. The van der Waals surface area contributed by atoms with Crippen molar-refractivity contribution in [3.05, 3.63) is 30.4 Å². The van der Waals surface area contributed by atoms with Crippen molar-refractivity contribution in [2.75, 3.05) is 0 Å². The van der Waals surface area contributed by atoms with E-state index < -0.39 is 0 Å². The Morgan fingerprint density at radius 2 is 2.33 bits per heavy atom. The molecule has 2 heterocycles. The summed E-state index contributed by atoms with van der Waals surface area (Å²) in [6.45, 7) is 2.54. The number of carbonyl (C=O) groups is 1. The molecule has 15 heavy (non-hydrogen) atoms. The maximum absolute atomic E-state index is 12.0. The third-order valence-corrected chi connectivity index (χ3v) is 2.17. The highest BCUT2D eigenvalue weighted by Crippen LogP contribution is 2.05. The van der Waals surface area contributed by atoms with Gasteiger partial charge in [0.25, 0.3) is 0 Å². The standard InChI is InChI=1S/C9H11N5O/c1-3-14-9(11-5-12-14)8(15)7-4-10-6-13(7)2/h4-6H,3H2,1-2H3. The average molecular weight is 205 g/mol. The summed E-state index contributed by atoms with van der Waals surface area (Å²) in [5.74, 6) is 0.190. The highest BCUT2D eigenvalue weighted by molar-refractivity contribution is 6.05. The van der Waals surface area contributed by atoms with Crippen LogP contribution in [0.4, 0.5) is 0 Å². The molecule has 0 radical (unpaired) electrons. The van der Waals surface area contributed by atoms with Gasteiger partial charge in [-0.3, -0.25) is 4.79 Å². The Balaban J connectivity index is 2.41. The molecule has 0 bridgehead atoms. The van der Waals surface area contributed by atoms with Crippen LogP contribution in [0.3, 0.4) is 0 Å². The second kappa shape index (κ2) is 3.64. The van der Waals surface area contributed by atoms with E-state index in [2.05, 4.69) is 15.1 Å². The molecule has 0 aromatic carbocycles. The Hall–Kier alpha value is -1.98. The molecule has 0 N–H and O–H groups in total. The molecular weight excluding hydrogens is 194 g/mol. The molecule has 0 saturated heterocycles. The lowest BCUT2D eigenvalue weighted by Crippen LogP contribution is -2.14. The minimum absolute atomic E-state index is 0.158. The van der Waals surface area contributed by atoms with Gasteiger partial charge in [-0.1, -0.05) is 0 Å². The number of hydrogen-bond acceptors (Lipinski definition) is 4. The van der Waals surface area contributed by atoms with Crippen molar-refractivity contribution < 1.29 is 4.79 Å². The predicted octanol–water partition coefficient (Wildman–Crippen LogP) is 0.262. The maximum Gasteiger partial charge on any atom is 0.247 e. The van der Waals surface area contributed by atoms with Crippen LogP contribution in [0.5, 0.6) is 0 Å². The van der Waals surface area contributed by atoms with Crippen LogP contribution in [-0.2, 0) is 13.6 Å². The van der Waals surface area contributed by atoms with Gasteiger partial charge < -0.3 is 4.57 Å². The zero-order valence-corrected chi connectivity index (χ0v) is 8.58. The molecule has 0 aliphatic carbocycles. The number of nitrogens with zero attached hydrogens (tertiary/aromatic N) is 5. The van der Waals surface area contributed by atoms with E-state index in [-0.39, 0.29) is 5.78 Å². The molecule has 2 aromatic rings. The number of imidazole rings is 1. The van der Waals surface area contributed by atoms with Crippen molar-refractivity contribution in [1.29, 1.82) is 0 Å². The Bertz CT molecular complexity index is 484. The third-order valence-electron chi connectivity index (χ3n) is 2.17. The van der Waals surface area contributed by atoms with Crippen molar-refractivity contribution >= 4 is 5.78 Å². The number of rotatable bonds is 3. The molecule has 0 atom stereocenters. The molecule has 0 spiro atoms. The fourth-order valence-electron chi connectivity index (χ4n) is 1.36. The van der Waals surface area contributed by atoms with Gasteiger partial charge in [0.15, 0.2) is 0 Å². The first-order valence-corrected chi connectivity index (χ1v) is 4.63. The highest BCUT2D eigenvalue weighted by Gasteiger charge is 2.17. The van der Waals surface area contributed by atoms with Gasteiger partial charge in [-0.05, 0) is 6.92 Å². The Labute approximate surface area is 86.6 Å². The summed E-state index contributed by atoms with van der Waals surface area (Å²) in [4.78, 5) is 19.8. The van der Waals surface area contributed by atoms with Crippen LogP contribution in [0, 0.1) is 0 Å². The van der Waals surface area contributed by atoms with Gasteiger partial charge in [0.1, 0.15) is 12.0 Å². The first kappa shape index (κ1) is 9.57. The van der Waals surface area contributed by atoms with Gasteiger partial charge in [0, 0.05) is 13.6 Å². The summed E-state index contributed by atoms with van der Waals surface area (Å²) in [5.41, 5.74) is 0.512. The van der Waals surface area contributed by atoms with Crippen molar-refractivity contribution in [3.8, 4) is 0 Å². The fourth-order valence-corrected chi connectivity index (χ4v) is 1.36. The Kier molecular flexibility index (Phi) is 2.32. The van der Waals surface area contributed by atoms with Crippen LogP contribution in [0.25, 0.3) is 0 Å². The summed E-state index contributed by atoms with van der Waals surface area (Å²) in [6.07, 6.45) is 4.49. The first-order valence-electron chi connectivity index (χ1n) is 4.63. The largest absolute Gasteiger partial charge is 0.331 e. The summed E-state index contributed by atoms with van der Waals surface area (Å²) in [6, 6.07) is 0. The number of carbonyl (C=O) groups excluding carboxylic acids is 1. The van der Waals surface area contributed by atoms with Crippen molar-refractivity contribution in [2.45, 2.75) is 13.5 Å². The summed E-state index contributed by atoms with van der Waals surface area (Å²) < 4.78 is 3.23. The van der Waals surface area contributed by atoms with Crippen LogP contribution < -0.4 is 0 Å². The molecule has 6 nitrogen and oxygen atoms in total. The summed E-state index contributed by atoms with van der Waals surface area (Å²) in [7, 11) is 1.77. The molecule has 0 unspecified atom stereocenters. The van der Waals surface area contributed by atoms with E-state index in [1.807, 2.05) is 6.92 Å². The first-order chi connectivity index (χ1) is 7.24. The molecule has 0 fully saturated rings. The number of aromatic nitrogens is 5. The lowest BCUT2D eigenvalue weighted by atomic mass is 10.3. The zero-order chi connectivity index (χ0) is 10.8. The Morgan fingerprint density at radius 3 is 2.93 bits per heavy atom.